The van der Waals surface area contributed by atoms with Crippen molar-refractivity contribution in [1.82, 2.24) is 0 Å². The summed E-state index contributed by atoms with van der Waals surface area (Å²) in [4.78, 5) is 0. The minimum Gasteiger partial charge on any atom is -0.0882 e. The molecule has 0 saturated carbocycles. The van der Waals surface area contributed by atoms with Gasteiger partial charge in [-0.25, -0.2) is 0 Å². The quantitative estimate of drug-likeness (QED) is 0.603. The van der Waals surface area contributed by atoms with Crippen LogP contribution in [0.4, 0.5) is 0 Å². The summed E-state index contributed by atoms with van der Waals surface area (Å²) in [7, 11) is 0. The molecule has 1 heteroatoms. The normalized spacial score (nSPS) is 26.7. The third-order valence-corrected chi connectivity index (χ3v) is 1.70. The Morgan fingerprint density at radius 3 is 2.60 bits per heavy atom. The molecular formula is C9H14Pt. The summed E-state index contributed by atoms with van der Waals surface area (Å²) in [5.41, 5.74) is 1.55. The van der Waals surface area contributed by atoms with Crippen LogP contribution in [-0.2, 0) is 21.1 Å². The van der Waals surface area contributed by atoms with Crippen LogP contribution in [0.3, 0.4) is 0 Å². The van der Waals surface area contributed by atoms with E-state index in [0.29, 0.717) is 0 Å². The summed E-state index contributed by atoms with van der Waals surface area (Å²) >= 11 is 0. The van der Waals surface area contributed by atoms with Gasteiger partial charge in [-0.3, -0.25) is 0 Å². The third kappa shape index (κ3) is 4.06. The summed E-state index contributed by atoms with van der Waals surface area (Å²) < 4.78 is 0. The minimum atomic E-state index is 0. The Kier molecular flexibility index (Phi) is 6.02. The maximum absolute atomic E-state index is 2.35. The van der Waals surface area contributed by atoms with Gasteiger partial charge in [-0.15, -0.1) is 0 Å². The Labute approximate surface area is 77.7 Å². The van der Waals surface area contributed by atoms with E-state index in [0.717, 1.165) is 0 Å². The topological polar surface area (TPSA) is 0 Å². The summed E-state index contributed by atoms with van der Waals surface area (Å²) in [5.74, 6) is 0. The Morgan fingerprint density at radius 1 is 1.10 bits per heavy atom. The Bertz CT molecular complexity index is 134. The van der Waals surface area contributed by atoms with E-state index in [9.17, 15) is 0 Å². The zero-order valence-corrected chi connectivity index (χ0v) is 8.65. The van der Waals surface area contributed by atoms with Crippen molar-refractivity contribution in [2.24, 2.45) is 0 Å². The second-order valence-electron chi connectivity index (χ2n) is 2.64. The molecule has 60 valence electrons. The van der Waals surface area contributed by atoms with Crippen LogP contribution in [0.15, 0.2) is 23.8 Å². The number of hydrogen-bond acceptors (Lipinski definition) is 0. The fourth-order valence-corrected chi connectivity index (χ4v) is 1.07. The molecule has 0 unspecified atom stereocenters. The van der Waals surface area contributed by atoms with E-state index < -0.39 is 0 Å². The van der Waals surface area contributed by atoms with Gasteiger partial charge in [0.05, 0.1) is 0 Å². The van der Waals surface area contributed by atoms with Gasteiger partial charge in [0.2, 0.25) is 0 Å². The second kappa shape index (κ2) is 5.92. The fourth-order valence-electron chi connectivity index (χ4n) is 1.07. The monoisotopic (exact) mass is 317 g/mol. The molecule has 0 nitrogen and oxygen atoms in total. The summed E-state index contributed by atoms with van der Waals surface area (Å²) in [6.07, 6.45) is 11.9. The molecule has 0 aromatic heterocycles. The van der Waals surface area contributed by atoms with Crippen LogP contribution in [-0.4, -0.2) is 0 Å². The van der Waals surface area contributed by atoms with Gasteiger partial charge in [-0.05, 0) is 32.6 Å². The molecule has 0 aromatic rings. The summed E-state index contributed by atoms with van der Waals surface area (Å²) in [6.45, 7) is 2.22. The van der Waals surface area contributed by atoms with Crippen molar-refractivity contribution < 1.29 is 21.1 Å². The molecule has 10 heavy (non-hydrogen) atoms. The van der Waals surface area contributed by atoms with Gasteiger partial charge in [0.25, 0.3) is 0 Å². The van der Waals surface area contributed by atoms with E-state index >= 15 is 0 Å². The predicted octanol–water partition coefficient (Wildman–Crippen LogP) is 3.06. The molecule has 0 spiro atoms. The molecule has 0 N–H and O–H groups in total. The van der Waals surface area contributed by atoms with Crippen LogP contribution in [0.1, 0.15) is 32.6 Å². The van der Waals surface area contributed by atoms with Gasteiger partial charge in [0.1, 0.15) is 0 Å². The predicted molar refractivity (Wildman–Crippen MR) is 41.4 cm³/mol. The van der Waals surface area contributed by atoms with E-state index in [1.165, 1.54) is 25.7 Å². The molecule has 1 rings (SSSR count). The van der Waals surface area contributed by atoms with Crippen molar-refractivity contribution in [3.63, 3.8) is 0 Å². The zero-order valence-electron chi connectivity index (χ0n) is 6.38. The summed E-state index contributed by atoms with van der Waals surface area (Å²) in [5, 5.41) is 0. The van der Waals surface area contributed by atoms with Gasteiger partial charge in [0, 0.05) is 21.1 Å². The Hall–Kier alpha value is 0.168. The SMILES string of the molecule is C/C1=C/CC/C=C\CC1.[Pt]. The summed E-state index contributed by atoms with van der Waals surface area (Å²) in [6, 6.07) is 0. The van der Waals surface area contributed by atoms with Crippen LogP contribution < -0.4 is 0 Å². The van der Waals surface area contributed by atoms with Crippen molar-refractivity contribution in [2.75, 3.05) is 0 Å². The fraction of sp³-hybridized carbons (Fsp3) is 0.556. The average molecular weight is 317 g/mol. The second-order valence-corrected chi connectivity index (χ2v) is 2.64. The molecule has 0 atom stereocenters. The van der Waals surface area contributed by atoms with Crippen LogP contribution in [0.5, 0.6) is 0 Å². The van der Waals surface area contributed by atoms with Crippen LogP contribution in [0.25, 0.3) is 0 Å². The van der Waals surface area contributed by atoms with Crippen molar-refractivity contribution in [1.29, 1.82) is 0 Å². The maximum atomic E-state index is 2.35. The van der Waals surface area contributed by atoms with Gasteiger partial charge >= 0.3 is 0 Å². The molecule has 0 radical (unpaired) electrons. The van der Waals surface area contributed by atoms with Gasteiger partial charge in [0.15, 0.2) is 0 Å². The standard InChI is InChI=1S/C9H14.Pt/c1-9-7-5-3-2-4-6-8-9;/h2-3,8H,4-7H2,1H3;/b3-2-,9-8-;. The molecule has 1 aliphatic carbocycles. The van der Waals surface area contributed by atoms with Gasteiger partial charge in [-0.1, -0.05) is 23.8 Å². The third-order valence-electron chi connectivity index (χ3n) is 1.70. The van der Waals surface area contributed by atoms with E-state index in [2.05, 4.69) is 25.2 Å². The Morgan fingerprint density at radius 2 is 1.80 bits per heavy atom. The van der Waals surface area contributed by atoms with Crippen LogP contribution in [0.2, 0.25) is 0 Å². The molecule has 1 aliphatic rings. The molecule has 0 amide bonds. The van der Waals surface area contributed by atoms with Crippen LogP contribution >= 0.6 is 0 Å². The zero-order chi connectivity index (χ0) is 6.53. The van der Waals surface area contributed by atoms with Crippen molar-refractivity contribution in [3.8, 4) is 0 Å². The van der Waals surface area contributed by atoms with Crippen molar-refractivity contribution in [3.05, 3.63) is 23.8 Å². The molecular weight excluding hydrogens is 303 g/mol. The molecule has 0 aromatic carbocycles. The molecule has 0 fully saturated rings. The van der Waals surface area contributed by atoms with Gasteiger partial charge in [-0.2, -0.15) is 0 Å². The maximum Gasteiger partial charge on any atom is 0 e. The number of hydrogen-bond donors (Lipinski definition) is 0. The van der Waals surface area contributed by atoms with Crippen molar-refractivity contribution in [2.45, 2.75) is 32.6 Å². The van der Waals surface area contributed by atoms with E-state index in [4.69, 9.17) is 0 Å². The molecule has 0 saturated heterocycles. The first-order chi connectivity index (χ1) is 4.39. The Balaban J connectivity index is 0.000000810. The molecule has 0 bridgehead atoms. The van der Waals surface area contributed by atoms with Crippen LogP contribution in [0, 0.1) is 0 Å². The van der Waals surface area contributed by atoms with E-state index in [1.54, 1.807) is 5.57 Å². The van der Waals surface area contributed by atoms with Gasteiger partial charge < -0.3 is 0 Å². The smallest absolute Gasteiger partial charge is 0 e. The first-order valence-corrected chi connectivity index (χ1v) is 3.70. The number of allylic oxidation sites excluding steroid dienone is 4. The van der Waals surface area contributed by atoms with E-state index in [1.807, 2.05) is 0 Å². The first-order valence-electron chi connectivity index (χ1n) is 3.70. The van der Waals surface area contributed by atoms with Crippen molar-refractivity contribution >= 4 is 0 Å². The first kappa shape index (κ1) is 10.2. The van der Waals surface area contributed by atoms with E-state index in [-0.39, 0.29) is 21.1 Å². The average Bonchev–Trinajstić information content (AvgIpc) is 1.79. The number of rotatable bonds is 0. The molecule has 0 aliphatic heterocycles. The largest absolute Gasteiger partial charge is 0.0882 e. The minimum absolute atomic E-state index is 0. The molecule has 0 heterocycles.